The summed E-state index contributed by atoms with van der Waals surface area (Å²) in [6, 6.07) is 7.67. The van der Waals surface area contributed by atoms with Crippen molar-refractivity contribution in [3.05, 3.63) is 34.9 Å². The van der Waals surface area contributed by atoms with Crippen LogP contribution in [0, 0.1) is 0 Å². The largest absolute Gasteiger partial charge is 0.343 e. The molecule has 126 valence electrons. The number of likely N-dealkylation sites (tertiary alicyclic amines) is 1. The van der Waals surface area contributed by atoms with Crippen LogP contribution in [0.4, 0.5) is 0 Å². The number of benzene rings is 1. The Morgan fingerprint density at radius 2 is 1.91 bits per heavy atom. The lowest BCUT2D eigenvalue weighted by Crippen LogP contribution is -2.39. The molecule has 2 rings (SSSR count). The minimum atomic E-state index is 0.0125. The number of hydrogen-bond donors (Lipinski definition) is 0. The molecule has 0 atom stereocenters. The van der Waals surface area contributed by atoms with Gasteiger partial charge in [-0.05, 0) is 43.4 Å². The van der Waals surface area contributed by atoms with Gasteiger partial charge in [0.2, 0.25) is 11.8 Å². The third-order valence-electron chi connectivity index (χ3n) is 4.31. The van der Waals surface area contributed by atoms with Gasteiger partial charge in [-0.3, -0.25) is 9.59 Å². The maximum Gasteiger partial charge on any atom is 0.224 e. The molecule has 0 unspecified atom stereocenters. The summed E-state index contributed by atoms with van der Waals surface area (Å²) in [5, 5.41) is 0.706. The molecule has 1 aliphatic heterocycles. The molecular formula is C18H25ClN2O2. The minimum Gasteiger partial charge on any atom is -0.343 e. The number of halogens is 1. The Morgan fingerprint density at radius 1 is 1.17 bits per heavy atom. The topological polar surface area (TPSA) is 40.6 Å². The molecule has 4 nitrogen and oxygen atoms in total. The summed E-state index contributed by atoms with van der Waals surface area (Å²) in [5.41, 5.74) is 1.10. The van der Waals surface area contributed by atoms with E-state index in [0.717, 1.165) is 37.9 Å². The van der Waals surface area contributed by atoms with Crippen molar-refractivity contribution in [1.29, 1.82) is 0 Å². The lowest BCUT2D eigenvalue weighted by molar-refractivity contribution is -0.134. The molecular weight excluding hydrogens is 312 g/mol. The normalized spacial score (nSPS) is 14.6. The number of carbonyl (C=O) groups is 2. The monoisotopic (exact) mass is 336 g/mol. The smallest absolute Gasteiger partial charge is 0.224 e. The average Bonchev–Trinajstić information content (AvgIpc) is 2.55. The van der Waals surface area contributed by atoms with Crippen molar-refractivity contribution in [2.75, 3.05) is 26.2 Å². The predicted molar refractivity (Wildman–Crippen MR) is 92.5 cm³/mol. The average molecular weight is 337 g/mol. The maximum absolute atomic E-state index is 12.2. The summed E-state index contributed by atoms with van der Waals surface area (Å²) < 4.78 is 0. The van der Waals surface area contributed by atoms with Gasteiger partial charge in [0.05, 0.1) is 0 Å². The van der Waals surface area contributed by atoms with Crippen LogP contribution in [-0.4, -0.2) is 47.8 Å². The molecule has 1 aromatic carbocycles. The summed E-state index contributed by atoms with van der Waals surface area (Å²) >= 11 is 5.98. The van der Waals surface area contributed by atoms with E-state index < -0.39 is 0 Å². The number of nitrogens with zero attached hydrogens (tertiary/aromatic N) is 2. The number of amides is 2. The van der Waals surface area contributed by atoms with Crippen molar-refractivity contribution in [2.24, 2.45) is 0 Å². The summed E-state index contributed by atoms with van der Waals surface area (Å²) in [4.78, 5) is 27.7. The molecule has 2 amide bonds. The van der Waals surface area contributed by atoms with Gasteiger partial charge >= 0.3 is 0 Å². The standard InChI is InChI=1S/C18H25ClN2O2/c1-15(22)20(12-8-16-6-5-7-17(19)14-16)13-9-18(23)21-10-3-2-4-11-21/h5-7,14H,2-4,8-13H2,1H3. The Kier molecular flexibility index (Phi) is 6.90. The molecule has 1 fully saturated rings. The second-order valence-electron chi connectivity index (χ2n) is 6.08. The van der Waals surface area contributed by atoms with Gasteiger partial charge in [-0.1, -0.05) is 23.7 Å². The highest BCUT2D eigenvalue weighted by atomic mass is 35.5. The summed E-state index contributed by atoms with van der Waals surface area (Å²) in [5.74, 6) is 0.178. The van der Waals surface area contributed by atoms with E-state index in [-0.39, 0.29) is 11.8 Å². The fourth-order valence-corrected chi connectivity index (χ4v) is 3.13. The third-order valence-corrected chi connectivity index (χ3v) is 4.54. The number of hydrogen-bond acceptors (Lipinski definition) is 2. The van der Waals surface area contributed by atoms with Gasteiger partial charge in [-0.15, -0.1) is 0 Å². The SMILES string of the molecule is CC(=O)N(CCC(=O)N1CCCCC1)CCc1cccc(Cl)c1. The molecule has 0 saturated carbocycles. The highest BCUT2D eigenvalue weighted by Crippen LogP contribution is 2.13. The lowest BCUT2D eigenvalue weighted by atomic mass is 10.1. The van der Waals surface area contributed by atoms with Crippen molar-refractivity contribution in [1.82, 2.24) is 9.80 Å². The molecule has 0 spiro atoms. The van der Waals surface area contributed by atoms with E-state index in [9.17, 15) is 9.59 Å². The summed E-state index contributed by atoms with van der Waals surface area (Å²) in [6.07, 6.45) is 4.56. The molecule has 1 heterocycles. The fraction of sp³-hybridized carbons (Fsp3) is 0.556. The van der Waals surface area contributed by atoms with Crippen LogP contribution < -0.4 is 0 Å². The second-order valence-corrected chi connectivity index (χ2v) is 6.51. The quantitative estimate of drug-likeness (QED) is 0.800. The molecule has 23 heavy (non-hydrogen) atoms. The van der Waals surface area contributed by atoms with Gasteiger partial charge in [0, 0.05) is 44.5 Å². The Hall–Kier alpha value is -1.55. The zero-order valence-electron chi connectivity index (χ0n) is 13.8. The van der Waals surface area contributed by atoms with Gasteiger partial charge in [0.1, 0.15) is 0 Å². The van der Waals surface area contributed by atoms with Gasteiger partial charge < -0.3 is 9.80 Å². The zero-order valence-corrected chi connectivity index (χ0v) is 14.5. The molecule has 0 aromatic heterocycles. The highest BCUT2D eigenvalue weighted by Gasteiger charge is 2.18. The molecule has 1 saturated heterocycles. The molecule has 0 aliphatic carbocycles. The first kappa shape index (κ1) is 17.8. The van der Waals surface area contributed by atoms with Crippen LogP contribution in [0.25, 0.3) is 0 Å². The van der Waals surface area contributed by atoms with E-state index in [1.54, 1.807) is 11.8 Å². The molecule has 1 aliphatic rings. The van der Waals surface area contributed by atoms with E-state index in [2.05, 4.69) is 0 Å². The second kappa shape index (κ2) is 8.92. The Bertz CT molecular complexity index is 542. The van der Waals surface area contributed by atoms with E-state index in [1.165, 1.54) is 6.42 Å². The predicted octanol–water partition coefficient (Wildman–Crippen LogP) is 3.13. The highest BCUT2D eigenvalue weighted by molar-refractivity contribution is 6.30. The van der Waals surface area contributed by atoms with Crippen LogP contribution in [0.15, 0.2) is 24.3 Å². The van der Waals surface area contributed by atoms with Crippen LogP contribution >= 0.6 is 11.6 Å². The van der Waals surface area contributed by atoms with Crippen LogP contribution in [0.5, 0.6) is 0 Å². The third kappa shape index (κ3) is 5.87. The van der Waals surface area contributed by atoms with Crippen LogP contribution in [0.1, 0.15) is 38.2 Å². The summed E-state index contributed by atoms with van der Waals surface area (Å²) in [6.45, 7) is 4.39. The molecule has 0 bridgehead atoms. The Morgan fingerprint density at radius 3 is 2.57 bits per heavy atom. The van der Waals surface area contributed by atoms with Crippen molar-refractivity contribution in [3.8, 4) is 0 Å². The van der Waals surface area contributed by atoms with E-state index in [1.807, 2.05) is 29.2 Å². The maximum atomic E-state index is 12.2. The number of piperidine rings is 1. The van der Waals surface area contributed by atoms with Crippen molar-refractivity contribution >= 4 is 23.4 Å². The van der Waals surface area contributed by atoms with Crippen LogP contribution in [-0.2, 0) is 16.0 Å². The first-order valence-corrected chi connectivity index (χ1v) is 8.72. The first-order valence-electron chi connectivity index (χ1n) is 8.34. The van der Waals surface area contributed by atoms with Crippen LogP contribution in [0.3, 0.4) is 0 Å². The van der Waals surface area contributed by atoms with E-state index in [4.69, 9.17) is 11.6 Å². The van der Waals surface area contributed by atoms with Crippen molar-refractivity contribution < 1.29 is 9.59 Å². The van der Waals surface area contributed by atoms with Gasteiger partial charge in [-0.2, -0.15) is 0 Å². The number of carbonyl (C=O) groups excluding carboxylic acids is 2. The van der Waals surface area contributed by atoms with E-state index >= 15 is 0 Å². The zero-order chi connectivity index (χ0) is 16.7. The van der Waals surface area contributed by atoms with Gasteiger partial charge in [0.15, 0.2) is 0 Å². The minimum absolute atomic E-state index is 0.0125. The van der Waals surface area contributed by atoms with Crippen molar-refractivity contribution in [2.45, 2.75) is 39.0 Å². The number of rotatable bonds is 6. The molecule has 5 heteroatoms. The van der Waals surface area contributed by atoms with E-state index in [0.29, 0.717) is 24.5 Å². The Labute approximate surface area is 143 Å². The molecule has 0 radical (unpaired) electrons. The van der Waals surface area contributed by atoms with Crippen LogP contribution in [0.2, 0.25) is 5.02 Å². The fourth-order valence-electron chi connectivity index (χ4n) is 2.92. The lowest BCUT2D eigenvalue weighted by Gasteiger charge is -2.28. The molecule has 0 N–H and O–H groups in total. The van der Waals surface area contributed by atoms with Crippen molar-refractivity contribution in [3.63, 3.8) is 0 Å². The molecule has 1 aromatic rings. The Balaban J connectivity index is 1.81. The van der Waals surface area contributed by atoms with Gasteiger partial charge in [-0.25, -0.2) is 0 Å². The first-order chi connectivity index (χ1) is 11.1. The van der Waals surface area contributed by atoms with Gasteiger partial charge in [0.25, 0.3) is 0 Å². The summed E-state index contributed by atoms with van der Waals surface area (Å²) in [7, 11) is 0.